The Morgan fingerprint density at radius 2 is 1.89 bits per heavy atom. The summed E-state index contributed by atoms with van der Waals surface area (Å²) in [6, 6.07) is 4.09. The van der Waals surface area contributed by atoms with Crippen LogP contribution in [0.4, 0.5) is 13.2 Å². The molecule has 2 fully saturated rings. The zero-order chi connectivity index (χ0) is 19.7. The van der Waals surface area contributed by atoms with E-state index in [1.165, 1.54) is 12.3 Å². The van der Waals surface area contributed by atoms with E-state index in [9.17, 15) is 18.0 Å². The van der Waals surface area contributed by atoms with Crippen LogP contribution in [-0.4, -0.2) is 28.0 Å². The van der Waals surface area contributed by atoms with Crippen molar-refractivity contribution < 1.29 is 17.9 Å². The molecule has 2 aromatic rings. The fourth-order valence-electron chi connectivity index (χ4n) is 3.97. The third kappa shape index (κ3) is 3.83. The van der Waals surface area contributed by atoms with E-state index in [1.54, 1.807) is 0 Å². The van der Waals surface area contributed by atoms with Crippen LogP contribution in [0.15, 0.2) is 29.2 Å². The third-order valence-corrected chi connectivity index (χ3v) is 5.62. The second-order valence-electron chi connectivity index (χ2n) is 7.55. The zero-order valence-corrected chi connectivity index (χ0v) is 15.4. The highest BCUT2D eigenvalue weighted by atomic mass is 19.4. The van der Waals surface area contributed by atoms with Gasteiger partial charge in [-0.3, -0.25) is 9.78 Å². The van der Waals surface area contributed by atoms with Crippen LogP contribution in [0.5, 0.6) is 0 Å². The van der Waals surface area contributed by atoms with Gasteiger partial charge in [0.1, 0.15) is 0 Å². The fourth-order valence-corrected chi connectivity index (χ4v) is 3.97. The molecule has 0 bridgehead atoms. The number of aromatic nitrogens is 3. The Morgan fingerprint density at radius 1 is 1.14 bits per heavy atom. The standard InChI is InChI=1S/C20H22F3N3O2/c21-20(22,23)16-7-4-8-24-18(16)10-26-19(27)15(13-5-2-1-3-6-13)9-17(25-26)14-11-28-12-14/h4,7-9,13-14H,1-3,5-6,10-12H2. The van der Waals surface area contributed by atoms with E-state index in [-0.39, 0.29) is 29.6 Å². The van der Waals surface area contributed by atoms with Crippen LogP contribution in [0.2, 0.25) is 0 Å². The first kappa shape index (κ1) is 19.1. The Bertz CT molecular complexity index is 900. The van der Waals surface area contributed by atoms with Gasteiger partial charge in [0, 0.05) is 17.7 Å². The number of pyridine rings is 1. The van der Waals surface area contributed by atoms with Gasteiger partial charge >= 0.3 is 6.18 Å². The fraction of sp³-hybridized carbons (Fsp3) is 0.550. The topological polar surface area (TPSA) is 57.0 Å². The third-order valence-electron chi connectivity index (χ3n) is 5.62. The molecule has 1 saturated heterocycles. The molecule has 0 unspecified atom stereocenters. The minimum Gasteiger partial charge on any atom is -0.380 e. The lowest BCUT2D eigenvalue weighted by atomic mass is 9.84. The molecular formula is C20H22F3N3O2. The van der Waals surface area contributed by atoms with Crippen molar-refractivity contribution in [1.29, 1.82) is 0 Å². The maximum atomic E-state index is 13.3. The highest BCUT2D eigenvalue weighted by Gasteiger charge is 2.34. The first-order valence-electron chi connectivity index (χ1n) is 9.64. The summed E-state index contributed by atoms with van der Waals surface area (Å²) >= 11 is 0. The molecule has 4 rings (SSSR count). The van der Waals surface area contributed by atoms with Crippen molar-refractivity contribution >= 4 is 0 Å². The van der Waals surface area contributed by atoms with Gasteiger partial charge in [-0.1, -0.05) is 19.3 Å². The lowest BCUT2D eigenvalue weighted by molar-refractivity contribution is -0.138. The SMILES string of the molecule is O=c1c(C2CCCCC2)cc(C2COC2)nn1Cc1ncccc1C(F)(F)F. The molecule has 0 radical (unpaired) electrons. The number of ether oxygens (including phenoxy) is 1. The molecule has 1 saturated carbocycles. The average molecular weight is 393 g/mol. The van der Waals surface area contributed by atoms with Crippen molar-refractivity contribution in [3.05, 3.63) is 57.3 Å². The zero-order valence-electron chi connectivity index (χ0n) is 15.4. The molecule has 28 heavy (non-hydrogen) atoms. The second-order valence-corrected chi connectivity index (χ2v) is 7.55. The Balaban J connectivity index is 1.75. The molecule has 8 heteroatoms. The van der Waals surface area contributed by atoms with Gasteiger partial charge in [-0.15, -0.1) is 0 Å². The summed E-state index contributed by atoms with van der Waals surface area (Å²) in [5.74, 6) is 0.223. The number of rotatable bonds is 4. The van der Waals surface area contributed by atoms with E-state index in [0.29, 0.717) is 18.8 Å². The maximum absolute atomic E-state index is 13.3. The lowest BCUT2D eigenvalue weighted by Gasteiger charge is -2.28. The van der Waals surface area contributed by atoms with Crippen LogP contribution in [-0.2, 0) is 17.5 Å². The molecule has 2 aliphatic rings. The van der Waals surface area contributed by atoms with E-state index >= 15 is 0 Å². The summed E-state index contributed by atoms with van der Waals surface area (Å²) in [6.45, 7) is 0.745. The molecule has 0 amide bonds. The van der Waals surface area contributed by atoms with Crippen LogP contribution < -0.4 is 5.56 Å². The highest BCUT2D eigenvalue weighted by molar-refractivity contribution is 5.25. The van der Waals surface area contributed by atoms with Gasteiger partial charge in [0.25, 0.3) is 5.56 Å². The van der Waals surface area contributed by atoms with Crippen molar-refractivity contribution in [3.63, 3.8) is 0 Å². The summed E-state index contributed by atoms with van der Waals surface area (Å²) in [7, 11) is 0. The number of hydrogen-bond acceptors (Lipinski definition) is 4. The summed E-state index contributed by atoms with van der Waals surface area (Å²) in [4.78, 5) is 17.0. The maximum Gasteiger partial charge on any atom is 0.418 e. The van der Waals surface area contributed by atoms with Crippen molar-refractivity contribution in [2.24, 2.45) is 0 Å². The molecule has 0 atom stereocenters. The summed E-state index contributed by atoms with van der Waals surface area (Å²) < 4.78 is 46.4. The molecule has 1 aliphatic carbocycles. The molecule has 2 aromatic heterocycles. The molecule has 1 aliphatic heterocycles. The van der Waals surface area contributed by atoms with Gasteiger partial charge in [0.2, 0.25) is 0 Å². The molecule has 0 aromatic carbocycles. The molecule has 150 valence electrons. The van der Waals surface area contributed by atoms with E-state index in [2.05, 4.69) is 10.1 Å². The van der Waals surface area contributed by atoms with Crippen LogP contribution in [0.1, 0.15) is 66.5 Å². The summed E-state index contributed by atoms with van der Waals surface area (Å²) in [6.07, 6.45) is 1.91. The van der Waals surface area contributed by atoms with Crippen molar-refractivity contribution in [1.82, 2.24) is 14.8 Å². The molecule has 5 nitrogen and oxygen atoms in total. The molecule has 0 N–H and O–H groups in total. The van der Waals surface area contributed by atoms with Crippen LogP contribution in [0, 0.1) is 0 Å². The number of nitrogens with zero attached hydrogens (tertiary/aromatic N) is 3. The Hall–Kier alpha value is -2.22. The predicted octanol–water partition coefficient (Wildman–Crippen LogP) is 3.87. The smallest absolute Gasteiger partial charge is 0.380 e. The Kier molecular flexibility index (Phi) is 5.23. The van der Waals surface area contributed by atoms with Gasteiger partial charge in [-0.2, -0.15) is 18.3 Å². The monoisotopic (exact) mass is 393 g/mol. The first-order valence-corrected chi connectivity index (χ1v) is 9.64. The van der Waals surface area contributed by atoms with Gasteiger partial charge in [0.15, 0.2) is 0 Å². The van der Waals surface area contributed by atoms with Crippen molar-refractivity contribution in [2.45, 2.75) is 56.7 Å². The van der Waals surface area contributed by atoms with Crippen LogP contribution in [0.25, 0.3) is 0 Å². The minimum absolute atomic E-state index is 0.0833. The van der Waals surface area contributed by atoms with Gasteiger partial charge < -0.3 is 4.74 Å². The lowest BCUT2D eigenvalue weighted by Crippen LogP contribution is -2.34. The first-order chi connectivity index (χ1) is 13.4. The predicted molar refractivity (Wildman–Crippen MR) is 96.2 cm³/mol. The van der Waals surface area contributed by atoms with Crippen molar-refractivity contribution in [2.75, 3.05) is 13.2 Å². The minimum atomic E-state index is -4.53. The molecular weight excluding hydrogens is 371 g/mol. The molecule has 3 heterocycles. The number of halogens is 3. The average Bonchev–Trinajstić information content (AvgIpc) is 2.63. The highest BCUT2D eigenvalue weighted by Crippen LogP contribution is 2.33. The number of alkyl halides is 3. The molecule has 0 spiro atoms. The largest absolute Gasteiger partial charge is 0.418 e. The van der Waals surface area contributed by atoms with E-state index in [1.807, 2.05) is 6.07 Å². The van der Waals surface area contributed by atoms with E-state index in [4.69, 9.17) is 4.74 Å². The van der Waals surface area contributed by atoms with Crippen LogP contribution >= 0.6 is 0 Å². The van der Waals surface area contributed by atoms with Gasteiger partial charge in [0.05, 0.1) is 36.7 Å². The number of hydrogen-bond donors (Lipinski definition) is 0. The van der Waals surface area contributed by atoms with Gasteiger partial charge in [-0.25, -0.2) is 4.68 Å². The van der Waals surface area contributed by atoms with Crippen molar-refractivity contribution in [3.8, 4) is 0 Å². The Morgan fingerprint density at radius 3 is 2.54 bits per heavy atom. The van der Waals surface area contributed by atoms with E-state index in [0.717, 1.165) is 48.5 Å². The second kappa shape index (κ2) is 7.66. The summed E-state index contributed by atoms with van der Waals surface area (Å²) in [5, 5.41) is 4.39. The Labute approximate surface area is 160 Å². The normalized spacial score (nSPS) is 18.8. The van der Waals surface area contributed by atoms with E-state index < -0.39 is 11.7 Å². The quantitative estimate of drug-likeness (QED) is 0.791. The van der Waals surface area contributed by atoms with Gasteiger partial charge in [-0.05, 0) is 37.0 Å². The van der Waals surface area contributed by atoms with Crippen LogP contribution in [0.3, 0.4) is 0 Å². The summed E-state index contributed by atoms with van der Waals surface area (Å²) in [5.41, 5.74) is 0.0492.